The molecule has 124 valence electrons. The van der Waals surface area contributed by atoms with Crippen LogP contribution in [0.5, 0.6) is 5.75 Å². The lowest BCUT2D eigenvalue weighted by molar-refractivity contribution is -0.274. The fourth-order valence-corrected chi connectivity index (χ4v) is 1.91. The second-order valence-corrected chi connectivity index (χ2v) is 4.90. The van der Waals surface area contributed by atoms with Crippen LogP contribution in [0.25, 0.3) is 0 Å². The highest BCUT2D eigenvalue weighted by Crippen LogP contribution is 2.24. The Balaban J connectivity index is 1.97. The Labute approximate surface area is 130 Å². The largest absolute Gasteiger partial charge is 0.573 e. The quantitative estimate of drug-likeness (QED) is 0.916. The Morgan fingerprint density at radius 2 is 1.91 bits per heavy atom. The normalized spacial score (nSPS) is 14.1. The molecule has 0 spiro atoms. The Morgan fingerprint density at radius 1 is 1.26 bits per heavy atom. The zero-order valence-corrected chi connectivity index (χ0v) is 12.4. The lowest BCUT2D eigenvalue weighted by Crippen LogP contribution is -2.33. The number of aromatic nitrogens is 3. The van der Waals surface area contributed by atoms with E-state index in [4.69, 9.17) is 0 Å². The molecule has 0 bridgehead atoms. The van der Waals surface area contributed by atoms with E-state index in [1.807, 2.05) is 0 Å². The van der Waals surface area contributed by atoms with E-state index in [9.17, 15) is 18.0 Å². The molecule has 1 aromatic carbocycles. The van der Waals surface area contributed by atoms with Gasteiger partial charge in [0.25, 0.3) is 0 Å². The monoisotopic (exact) mass is 328 g/mol. The molecule has 0 saturated carbocycles. The minimum atomic E-state index is -4.73. The summed E-state index contributed by atoms with van der Waals surface area (Å²) in [5.74, 6) is -0.589. The number of hydrogen-bond donors (Lipinski definition) is 1. The van der Waals surface area contributed by atoms with Crippen molar-refractivity contribution in [3.63, 3.8) is 0 Å². The van der Waals surface area contributed by atoms with Gasteiger partial charge in [0, 0.05) is 0 Å². The van der Waals surface area contributed by atoms with E-state index in [0.717, 1.165) is 0 Å². The number of amides is 1. The number of hydrogen-bond acceptors (Lipinski definition) is 4. The summed E-state index contributed by atoms with van der Waals surface area (Å²) < 4.78 is 41.5. The molecule has 9 heteroatoms. The van der Waals surface area contributed by atoms with Crippen molar-refractivity contribution in [2.24, 2.45) is 0 Å². The molecule has 0 radical (unpaired) electrons. The summed E-state index contributed by atoms with van der Waals surface area (Å²) in [5.41, 5.74) is 0.652. The number of benzene rings is 1. The molecule has 1 amide bonds. The van der Waals surface area contributed by atoms with E-state index in [2.05, 4.69) is 20.1 Å². The Kier molecular flexibility index (Phi) is 4.87. The van der Waals surface area contributed by atoms with Gasteiger partial charge in [0.2, 0.25) is 5.91 Å². The summed E-state index contributed by atoms with van der Waals surface area (Å²) in [5, 5.41) is 6.65. The van der Waals surface area contributed by atoms with Gasteiger partial charge >= 0.3 is 6.36 Å². The first kappa shape index (κ1) is 16.8. The molecule has 0 aliphatic rings. The second kappa shape index (κ2) is 6.67. The first-order valence-corrected chi connectivity index (χ1v) is 6.76. The summed E-state index contributed by atoms with van der Waals surface area (Å²) in [7, 11) is 0. The molecule has 2 atom stereocenters. The fraction of sp³-hybridized carbons (Fsp3) is 0.357. The maximum absolute atomic E-state index is 12.1. The van der Waals surface area contributed by atoms with Gasteiger partial charge in [-0.3, -0.25) is 4.79 Å². The predicted molar refractivity (Wildman–Crippen MR) is 74.4 cm³/mol. The van der Waals surface area contributed by atoms with E-state index < -0.39 is 12.4 Å². The van der Waals surface area contributed by atoms with Crippen LogP contribution in [-0.4, -0.2) is 27.0 Å². The maximum atomic E-state index is 12.1. The van der Waals surface area contributed by atoms with Crippen LogP contribution in [0.2, 0.25) is 0 Å². The molecule has 0 fully saturated rings. The van der Waals surface area contributed by atoms with Gasteiger partial charge in [-0.1, -0.05) is 12.1 Å². The van der Waals surface area contributed by atoms with Crippen LogP contribution in [0.15, 0.2) is 36.9 Å². The number of halogens is 3. The molecule has 2 rings (SSSR count). The molecule has 0 saturated heterocycles. The van der Waals surface area contributed by atoms with Gasteiger partial charge in [0.1, 0.15) is 24.4 Å². The van der Waals surface area contributed by atoms with Crippen molar-refractivity contribution < 1.29 is 22.7 Å². The van der Waals surface area contributed by atoms with Crippen LogP contribution in [0.1, 0.15) is 31.5 Å². The molecule has 23 heavy (non-hydrogen) atoms. The Bertz CT molecular complexity index is 641. The summed E-state index contributed by atoms with van der Waals surface area (Å²) in [4.78, 5) is 15.9. The Morgan fingerprint density at radius 3 is 2.43 bits per heavy atom. The maximum Gasteiger partial charge on any atom is 0.573 e. The zero-order valence-electron chi connectivity index (χ0n) is 12.4. The molecule has 1 aromatic heterocycles. The topological polar surface area (TPSA) is 69.0 Å². The van der Waals surface area contributed by atoms with Crippen LogP contribution in [0, 0.1) is 0 Å². The van der Waals surface area contributed by atoms with Gasteiger partial charge in [-0.05, 0) is 31.5 Å². The van der Waals surface area contributed by atoms with E-state index >= 15 is 0 Å². The second-order valence-electron chi connectivity index (χ2n) is 4.90. The third-order valence-corrected chi connectivity index (χ3v) is 3.19. The van der Waals surface area contributed by atoms with E-state index in [1.165, 1.54) is 41.6 Å². The highest BCUT2D eigenvalue weighted by atomic mass is 19.4. The molecule has 1 heterocycles. The molecular formula is C14H15F3N4O2. The van der Waals surface area contributed by atoms with Gasteiger partial charge in [0.05, 0.1) is 6.04 Å². The minimum absolute atomic E-state index is 0.279. The van der Waals surface area contributed by atoms with Crippen molar-refractivity contribution in [3.8, 4) is 5.75 Å². The van der Waals surface area contributed by atoms with Gasteiger partial charge in [-0.15, -0.1) is 13.2 Å². The third-order valence-electron chi connectivity index (χ3n) is 3.19. The highest BCUT2D eigenvalue weighted by Gasteiger charge is 2.31. The van der Waals surface area contributed by atoms with Gasteiger partial charge in [-0.2, -0.15) is 5.10 Å². The summed E-state index contributed by atoms with van der Waals surface area (Å²) >= 11 is 0. The first-order chi connectivity index (χ1) is 10.8. The SMILES string of the molecule is C[C@H](C(=O)N[C@H](C)c1ccc(OC(F)(F)F)cc1)n1cncn1. The number of nitrogens with zero attached hydrogens (tertiary/aromatic N) is 3. The third kappa shape index (κ3) is 4.70. The predicted octanol–water partition coefficient (Wildman–Crippen LogP) is 2.62. The van der Waals surface area contributed by atoms with Crippen LogP contribution in [0.3, 0.4) is 0 Å². The lowest BCUT2D eigenvalue weighted by atomic mass is 10.1. The van der Waals surface area contributed by atoms with E-state index in [0.29, 0.717) is 5.56 Å². The standard InChI is InChI=1S/C14H15F3N4O2/c1-9(20-13(22)10(2)21-8-18-7-19-21)11-3-5-12(6-4-11)23-14(15,16)17/h3-10H,1-2H3,(H,20,22)/t9-,10-/m1/s1. The summed E-state index contributed by atoms with van der Waals surface area (Å²) in [6.45, 7) is 3.39. The first-order valence-electron chi connectivity index (χ1n) is 6.76. The van der Waals surface area contributed by atoms with Crippen molar-refractivity contribution in [1.82, 2.24) is 20.1 Å². The smallest absolute Gasteiger partial charge is 0.406 e. The van der Waals surface area contributed by atoms with Crippen molar-refractivity contribution in [1.29, 1.82) is 0 Å². The number of carbonyl (C=O) groups is 1. The molecule has 0 aliphatic heterocycles. The number of ether oxygens (including phenoxy) is 1. The average molecular weight is 328 g/mol. The number of rotatable bonds is 5. The molecule has 1 N–H and O–H groups in total. The van der Waals surface area contributed by atoms with Crippen LogP contribution in [0.4, 0.5) is 13.2 Å². The fourth-order valence-electron chi connectivity index (χ4n) is 1.91. The van der Waals surface area contributed by atoms with Crippen LogP contribution >= 0.6 is 0 Å². The Hall–Kier alpha value is -2.58. The van der Waals surface area contributed by atoms with Crippen molar-refractivity contribution in [2.45, 2.75) is 32.3 Å². The number of nitrogens with one attached hydrogen (secondary N) is 1. The van der Waals surface area contributed by atoms with Gasteiger partial charge < -0.3 is 10.1 Å². The number of carbonyl (C=O) groups excluding carboxylic acids is 1. The molecule has 0 aliphatic carbocycles. The van der Waals surface area contributed by atoms with Crippen LogP contribution < -0.4 is 10.1 Å². The molecule has 2 aromatic rings. The van der Waals surface area contributed by atoms with Crippen molar-refractivity contribution >= 4 is 5.91 Å². The number of alkyl halides is 3. The van der Waals surface area contributed by atoms with Gasteiger partial charge in [-0.25, -0.2) is 9.67 Å². The lowest BCUT2D eigenvalue weighted by Gasteiger charge is -2.18. The van der Waals surface area contributed by atoms with Gasteiger partial charge in [0.15, 0.2) is 0 Å². The minimum Gasteiger partial charge on any atom is -0.406 e. The highest BCUT2D eigenvalue weighted by molar-refractivity contribution is 5.80. The van der Waals surface area contributed by atoms with E-state index in [1.54, 1.807) is 13.8 Å². The molecular weight excluding hydrogens is 313 g/mol. The molecule has 6 nitrogen and oxygen atoms in total. The average Bonchev–Trinajstić information content (AvgIpc) is 2.99. The summed E-state index contributed by atoms with van der Waals surface area (Å²) in [6, 6.07) is 4.40. The zero-order chi connectivity index (χ0) is 17.0. The molecule has 0 unspecified atom stereocenters. The van der Waals surface area contributed by atoms with Crippen molar-refractivity contribution in [2.75, 3.05) is 0 Å². The van der Waals surface area contributed by atoms with E-state index in [-0.39, 0.29) is 17.7 Å². The van der Waals surface area contributed by atoms with Crippen LogP contribution in [-0.2, 0) is 4.79 Å². The van der Waals surface area contributed by atoms with Crippen molar-refractivity contribution in [3.05, 3.63) is 42.5 Å². The summed E-state index contributed by atoms with van der Waals surface area (Å²) in [6.07, 6.45) is -1.97.